The lowest BCUT2D eigenvalue weighted by molar-refractivity contribution is 0.213. The largest absolute Gasteiger partial charge is 0.397 e. The molecule has 0 bridgehead atoms. The molecule has 0 radical (unpaired) electrons. The number of halogens is 2. The van der Waals surface area contributed by atoms with Crippen LogP contribution in [0.2, 0.25) is 0 Å². The Kier molecular flexibility index (Phi) is 4.19. The van der Waals surface area contributed by atoms with E-state index < -0.39 is 11.6 Å². The summed E-state index contributed by atoms with van der Waals surface area (Å²) in [6, 6.07) is 1.30. The van der Waals surface area contributed by atoms with Crippen molar-refractivity contribution in [3.05, 3.63) is 23.8 Å². The first-order chi connectivity index (χ1) is 9.08. The van der Waals surface area contributed by atoms with E-state index in [1.165, 1.54) is 0 Å². The molecule has 1 heterocycles. The van der Waals surface area contributed by atoms with Gasteiger partial charge in [0.25, 0.3) is 0 Å². The summed E-state index contributed by atoms with van der Waals surface area (Å²) in [4.78, 5) is 13.6. The van der Waals surface area contributed by atoms with Gasteiger partial charge in [-0.25, -0.2) is 13.6 Å². The third-order valence-electron chi connectivity index (χ3n) is 3.21. The van der Waals surface area contributed by atoms with Crippen LogP contribution in [0.25, 0.3) is 0 Å². The number of nitrogen functional groups attached to an aromatic ring is 1. The fraction of sp³-hybridized carbons (Fsp3) is 0.462. The third-order valence-corrected chi connectivity index (χ3v) is 3.21. The lowest BCUT2D eigenvalue weighted by Crippen LogP contribution is -2.36. The Balaban J connectivity index is 2.10. The van der Waals surface area contributed by atoms with Crippen molar-refractivity contribution in [2.24, 2.45) is 0 Å². The van der Waals surface area contributed by atoms with Gasteiger partial charge in [-0.3, -0.25) is 0 Å². The second-order valence-electron chi connectivity index (χ2n) is 4.68. The minimum atomic E-state index is -0.860. The molecule has 1 aliphatic rings. The van der Waals surface area contributed by atoms with Crippen LogP contribution in [0.3, 0.4) is 0 Å². The van der Waals surface area contributed by atoms with Crippen molar-refractivity contribution in [2.75, 3.05) is 24.1 Å². The molecule has 6 heteroatoms. The Morgan fingerprint density at radius 1 is 1.16 bits per heavy atom. The number of hydrogen-bond acceptors (Lipinski definition) is 2. The van der Waals surface area contributed by atoms with Crippen molar-refractivity contribution in [1.82, 2.24) is 4.90 Å². The van der Waals surface area contributed by atoms with Gasteiger partial charge in [-0.05, 0) is 18.9 Å². The smallest absolute Gasteiger partial charge is 0.321 e. The predicted octanol–water partition coefficient (Wildman–Crippen LogP) is 2.95. The number of likely N-dealkylation sites (tertiary alicyclic amines) is 1. The van der Waals surface area contributed by atoms with Crippen molar-refractivity contribution in [3.63, 3.8) is 0 Å². The lowest BCUT2D eigenvalue weighted by atomic mass is 10.2. The normalized spacial score (nSPS) is 16.0. The van der Waals surface area contributed by atoms with Gasteiger partial charge in [-0.1, -0.05) is 12.8 Å². The second-order valence-corrected chi connectivity index (χ2v) is 4.68. The topological polar surface area (TPSA) is 58.4 Å². The Labute approximate surface area is 110 Å². The maximum Gasteiger partial charge on any atom is 0.321 e. The molecular formula is C13H17F2N3O. The van der Waals surface area contributed by atoms with Crippen molar-refractivity contribution in [1.29, 1.82) is 0 Å². The van der Waals surface area contributed by atoms with Gasteiger partial charge >= 0.3 is 6.03 Å². The molecule has 2 rings (SSSR count). The molecule has 4 nitrogen and oxygen atoms in total. The zero-order valence-corrected chi connectivity index (χ0v) is 10.6. The highest BCUT2D eigenvalue weighted by Crippen LogP contribution is 2.24. The van der Waals surface area contributed by atoms with Crippen molar-refractivity contribution < 1.29 is 13.6 Å². The third kappa shape index (κ3) is 3.33. The summed E-state index contributed by atoms with van der Waals surface area (Å²) in [5.41, 5.74) is 5.25. The number of rotatable bonds is 1. The highest BCUT2D eigenvalue weighted by Gasteiger charge is 2.18. The zero-order chi connectivity index (χ0) is 13.8. The van der Waals surface area contributed by atoms with Crippen LogP contribution in [-0.4, -0.2) is 24.0 Å². The van der Waals surface area contributed by atoms with Crippen LogP contribution in [0, 0.1) is 11.6 Å². The van der Waals surface area contributed by atoms with E-state index in [4.69, 9.17) is 5.73 Å². The number of amides is 2. The summed E-state index contributed by atoms with van der Waals surface area (Å²) in [7, 11) is 0. The molecule has 0 atom stereocenters. The van der Waals surface area contributed by atoms with Gasteiger partial charge in [0, 0.05) is 19.2 Å². The van der Waals surface area contributed by atoms with Gasteiger partial charge in [0.2, 0.25) is 0 Å². The molecule has 0 aliphatic carbocycles. The predicted molar refractivity (Wildman–Crippen MR) is 69.8 cm³/mol. The molecule has 1 saturated heterocycles. The molecule has 1 fully saturated rings. The number of benzene rings is 1. The fourth-order valence-corrected chi connectivity index (χ4v) is 2.19. The summed E-state index contributed by atoms with van der Waals surface area (Å²) in [6.45, 7) is 1.29. The van der Waals surface area contributed by atoms with Crippen LogP contribution >= 0.6 is 0 Å². The number of nitrogens with zero attached hydrogens (tertiary/aromatic N) is 1. The molecule has 0 unspecified atom stereocenters. The molecule has 19 heavy (non-hydrogen) atoms. The standard InChI is InChI=1S/C13H17F2N3O/c14-9-7-10(15)12(11(16)8-9)17-13(19)18-5-3-1-2-4-6-18/h7-8H,1-6,16H2,(H,17,19). The van der Waals surface area contributed by atoms with E-state index in [0.29, 0.717) is 19.2 Å². The van der Waals surface area contributed by atoms with Gasteiger partial charge in [-0.15, -0.1) is 0 Å². The molecule has 0 saturated carbocycles. The van der Waals surface area contributed by atoms with Gasteiger partial charge in [-0.2, -0.15) is 0 Å². The average molecular weight is 269 g/mol. The van der Waals surface area contributed by atoms with E-state index in [1.807, 2.05) is 0 Å². The van der Waals surface area contributed by atoms with Gasteiger partial charge in [0.05, 0.1) is 5.69 Å². The summed E-state index contributed by atoms with van der Waals surface area (Å²) in [6.07, 6.45) is 4.07. The fourth-order valence-electron chi connectivity index (χ4n) is 2.19. The summed E-state index contributed by atoms with van der Waals surface area (Å²) < 4.78 is 26.5. The Bertz CT molecular complexity index is 448. The average Bonchev–Trinajstić information content (AvgIpc) is 2.62. The number of urea groups is 1. The Hall–Kier alpha value is -1.85. The van der Waals surface area contributed by atoms with E-state index >= 15 is 0 Å². The quantitative estimate of drug-likeness (QED) is 0.770. The van der Waals surface area contributed by atoms with E-state index in [2.05, 4.69) is 5.32 Å². The summed E-state index contributed by atoms with van der Waals surface area (Å²) >= 11 is 0. The molecule has 3 N–H and O–H groups in total. The van der Waals surface area contributed by atoms with Crippen LogP contribution in [0.1, 0.15) is 25.7 Å². The van der Waals surface area contributed by atoms with Crippen molar-refractivity contribution >= 4 is 17.4 Å². The molecule has 2 amide bonds. The maximum absolute atomic E-state index is 13.6. The highest BCUT2D eigenvalue weighted by atomic mass is 19.1. The van der Waals surface area contributed by atoms with E-state index in [0.717, 1.165) is 31.7 Å². The van der Waals surface area contributed by atoms with Crippen molar-refractivity contribution in [2.45, 2.75) is 25.7 Å². The van der Waals surface area contributed by atoms with Gasteiger partial charge in [0.1, 0.15) is 11.5 Å². The van der Waals surface area contributed by atoms with E-state index in [9.17, 15) is 13.6 Å². The number of carbonyl (C=O) groups excluding carboxylic acids is 1. The first-order valence-electron chi connectivity index (χ1n) is 6.38. The Morgan fingerprint density at radius 2 is 1.79 bits per heavy atom. The van der Waals surface area contributed by atoms with Crippen LogP contribution in [0.15, 0.2) is 12.1 Å². The van der Waals surface area contributed by atoms with E-state index in [-0.39, 0.29) is 17.4 Å². The minimum absolute atomic E-state index is 0.110. The van der Waals surface area contributed by atoms with Crippen LogP contribution < -0.4 is 11.1 Å². The van der Waals surface area contributed by atoms with Crippen LogP contribution in [0.4, 0.5) is 25.0 Å². The van der Waals surface area contributed by atoms with Gasteiger partial charge < -0.3 is 16.0 Å². The SMILES string of the molecule is Nc1cc(F)cc(F)c1NC(=O)N1CCCCCC1. The number of nitrogens with one attached hydrogen (secondary N) is 1. The lowest BCUT2D eigenvalue weighted by Gasteiger charge is -2.21. The monoisotopic (exact) mass is 269 g/mol. The van der Waals surface area contributed by atoms with Crippen LogP contribution in [0.5, 0.6) is 0 Å². The number of anilines is 2. The van der Waals surface area contributed by atoms with E-state index in [1.54, 1.807) is 4.90 Å². The molecule has 0 aromatic heterocycles. The molecule has 1 aromatic carbocycles. The van der Waals surface area contributed by atoms with Crippen LogP contribution in [-0.2, 0) is 0 Å². The number of nitrogens with two attached hydrogens (primary N) is 1. The Morgan fingerprint density at radius 3 is 2.37 bits per heavy atom. The molecule has 0 spiro atoms. The molecule has 1 aliphatic heterocycles. The number of carbonyl (C=O) groups is 1. The number of hydrogen-bond donors (Lipinski definition) is 2. The van der Waals surface area contributed by atoms with Crippen molar-refractivity contribution in [3.8, 4) is 0 Å². The highest BCUT2D eigenvalue weighted by molar-refractivity contribution is 5.92. The first-order valence-corrected chi connectivity index (χ1v) is 6.38. The zero-order valence-electron chi connectivity index (χ0n) is 10.6. The second kappa shape index (κ2) is 5.86. The summed E-state index contributed by atoms with van der Waals surface area (Å²) in [5.74, 6) is -1.62. The molecular weight excluding hydrogens is 252 g/mol. The molecule has 1 aromatic rings. The molecule has 104 valence electrons. The minimum Gasteiger partial charge on any atom is -0.397 e. The van der Waals surface area contributed by atoms with Gasteiger partial charge in [0.15, 0.2) is 5.82 Å². The first kappa shape index (κ1) is 13.6. The maximum atomic E-state index is 13.6. The summed E-state index contributed by atoms with van der Waals surface area (Å²) in [5, 5.41) is 2.42.